The average molecular weight is 869 g/mol. The Labute approximate surface area is 361 Å². The number of aliphatic hydroxyl groups excluding tert-OH is 5. The van der Waals surface area contributed by atoms with E-state index in [2.05, 4.69) is 86.8 Å². The van der Waals surface area contributed by atoms with Crippen molar-refractivity contribution in [2.45, 2.75) is 198 Å². The van der Waals surface area contributed by atoms with Crippen molar-refractivity contribution < 1.29 is 58.3 Å². The quantitative estimate of drug-likeness (QED) is 0.0150. The van der Waals surface area contributed by atoms with Crippen LogP contribution in [0.3, 0.4) is 0 Å². The van der Waals surface area contributed by atoms with Crippen LogP contribution < -0.4 is 0 Å². The SMILES string of the molecule is CC/C=C\C/C=C\C/C=C\C/C=C\CCCCCCCCCOCC(COP(=O)(O)OC1C(O)C(O)C(O)C(O)C1O)OC(=O)CCCCCCC/C=C\C/C=C\CCC. The van der Waals surface area contributed by atoms with Gasteiger partial charge in [0.2, 0.25) is 0 Å². The predicted molar refractivity (Wildman–Crippen MR) is 239 cm³/mol. The van der Waals surface area contributed by atoms with Crippen LogP contribution in [0.1, 0.15) is 155 Å². The summed E-state index contributed by atoms with van der Waals surface area (Å²) in [5, 5.41) is 50.2. The Morgan fingerprint density at radius 1 is 0.550 bits per heavy atom. The monoisotopic (exact) mass is 869 g/mol. The summed E-state index contributed by atoms with van der Waals surface area (Å²) in [5.74, 6) is -0.500. The molecular weight excluding hydrogens is 787 g/mol. The van der Waals surface area contributed by atoms with Gasteiger partial charge in [-0.3, -0.25) is 13.8 Å². The van der Waals surface area contributed by atoms with Crippen LogP contribution in [0.5, 0.6) is 0 Å². The number of allylic oxidation sites excluding steroid dienone is 12. The van der Waals surface area contributed by atoms with Gasteiger partial charge in [0.25, 0.3) is 0 Å². The molecule has 0 bridgehead atoms. The lowest BCUT2D eigenvalue weighted by Gasteiger charge is -2.41. The normalized spacial score (nSPS) is 23.0. The molecule has 1 aliphatic rings. The Bertz CT molecular complexity index is 1260. The molecule has 0 spiro atoms. The minimum Gasteiger partial charge on any atom is -0.457 e. The molecule has 0 radical (unpaired) electrons. The lowest BCUT2D eigenvalue weighted by atomic mass is 9.85. The lowest BCUT2D eigenvalue weighted by Crippen LogP contribution is -2.64. The number of phosphoric ester groups is 1. The third kappa shape index (κ3) is 29.1. The van der Waals surface area contributed by atoms with Gasteiger partial charge in [-0.05, 0) is 77.0 Å². The second-order valence-electron chi connectivity index (χ2n) is 15.5. The molecule has 12 nitrogen and oxygen atoms in total. The van der Waals surface area contributed by atoms with Crippen molar-refractivity contribution in [3.05, 3.63) is 72.9 Å². The van der Waals surface area contributed by atoms with Crippen LogP contribution in [-0.4, -0.2) is 98.9 Å². The van der Waals surface area contributed by atoms with Crippen molar-refractivity contribution in [3.63, 3.8) is 0 Å². The number of carbonyl (C=O) groups excluding carboxylic acids is 1. The van der Waals surface area contributed by atoms with Crippen LogP contribution in [0.2, 0.25) is 0 Å². The van der Waals surface area contributed by atoms with E-state index in [1.54, 1.807) is 0 Å². The number of rotatable bonds is 37. The van der Waals surface area contributed by atoms with Crippen LogP contribution >= 0.6 is 7.82 Å². The summed E-state index contributed by atoms with van der Waals surface area (Å²) in [7, 11) is -5.03. The number of unbranched alkanes of at least 4 members (excludes halogenated alkanes) is 13. The first-order valence-electron chi connectivity index (χ1n) is 22.8. The smallest absolute Gasteiger partial charge is 0.457 e. The van der Waals surface area contributed by atoms with Gasteiger partial charge in [0, 0.05) is 13.0 Å². The molecule has 6 atom stereocenters. The highest BCUT2D eigenvalue weighted by atomic mass is 31.2. The van der Waals surface area contributed by atoms with Crippen molar-refractivity contribution in [1.29, 1.82) is 0 Å². The molecule has 0 heterocycles. The van der Waals surface area contributed by atoms with Crippen molar-refractivity contribution in [2.75, 3.05) is 19.8 Å². The summed E-state index contributed by atoms with van der Waals surface area (Å²) in [6.45, 7) is 4.02. The summed E-state index contributed by atoms with van der Waals surface area (Å²) in [6, 6.07) is 0. The second-order valence-corrected chi connectivity index (χ2v) is 16.9. The number of esters is 1. The van der Waals surface area contributed by atoms with Gasteiger partial charge in [-0.25, -0.2) is 4.57 Å². The second kappa shape index (κ2) is 37.3. The van der Waals surface area contributed by atoms with Gasteiger partial charge in [-0.1, -0.05) is 145 Å². The maximum absolute atomic E-state index is 12.8. The molecule has 6 unspecified atom stereocenters. The van der Waals surface area contributed by atoms with E-state index < -0.39 is 63.1 Å². The maximum Gasteiger partial charge on any atom is 0.472 e. The largest absolute Gasteiger partial charge is 0.472 e. The zero-order valence-corrected chi connectivity index (χ0v) is 37.6. The van der Waals surface area contributed by atoms with Crippen molar-refractivity contribution in [3.8, 4) is 0 Å². The molecule has 1 saturated carbocycles. The van der Waals surface area contributed by atoms with E-state index in [0.29, 0.717) is 13.0 Å². The topological polar surface area (TPSA) is 192 Å². The Hall–Kier alpha value is -2.22. The number of ether oxygens (including phenoxy) is 2. The van der Waals surface area contributed by atoms with E-state index in [9.17, 15) is 39.8 Å². The average Bonchev–Trinajstić information content (AvgIpc) is 3.23. The number of phosphoric acid groups is 1. The zero-order chi connectivity index (χ0) is 44.1. The predicted octanol–water partition coefficient (Wildman–Crippen LogP) is 9.19. The Morgan fingerprint density at radius 2 is 0.983 bits per heavy atom. The highest BCUT2D eigenvalue weighted by Gasteiger charge is 2.51. The van der Waals surface area contributed by atoms with Crippen LogP contribution in [0, 0.1) is 0 Å². The molecule has 0 aromatic heterocycles. The van der Waals surface area contributed by atoms with Crippen LogP contribution in [0.15, 0.2) is 72.9 Å². The molecule has 6 N–H and O–H groups in total. The summed E-state index contributed by atoms with van der Waals surface area (Å²) < 4.78 is 34.1. The molecule has 13 heteroatoms. The molecule has 0 aliphatic heterocycles. The molecule has 1 aliphatic carbocycles. The minimum absolute atomic E-state index is 0.0940. The fourth-order valence-corrected chi connectivity index (χ4v) is 7.41. The fourth-order valence-electron chi connectivity index (χ4n) is 6.44. The molecule has 0 aromatic rings. The third-order valence-electron chi connectivity index (χ3n) is 10.0. The van der Waals surface area contributed by atoms with Crippen LogP contribution in [0.25, 0.3) is 0 Å². The molecule has 60 heavy (non-hydrogen) atoms. The van der Waals surface area contributed by atoms with Crippen molar-refractivity contribution >= 4 is 13.8 Å². The highest BCUT2D eigenvalue weighted by molar-refractivity contribution is 7.47. The summed E-state index contributed by atoms with van der Waals surface area (Å²) in [4.78, 5) is 23.1. The molecular formula is C47H81O12P. The number of hydrogen-bond acceptors (Lipinski definition) is 11. The van der Waals surface area contributed by atoms with E-state index in [1.807, 2.05) is 0 Å². The molecule has 1 rings (SSSR count). The third-order valence-corrected chi connectivity index (χ3v) is 11.0. The molecule has 1 fully saturated rings. The van der Waals surface area contributed by atoms with Crippen molar-refractivity contribution in [1.82, 2.24) is 0 Å². The number of carbonyl (C=O) groups is 1. The molecule has 0 saturated heterocycles. The fraction of sp³-hybridized carbons (Fsp3) is 0.723. The number of hydrogen-bond donors (Lipinski definition) is 6. The molecule has 346 valence electrons. The lowest BCUT2D eigenvalue weighted by molar-refractivity contribution is -0.220. The van der Waals surface area contributed by atoms with E-state index in [4.69, 9.17) is 18.5 Å². The van der Waals surface area contributed by atoms with E-state index in [-0.39, 0.29) is 13.0 Å². The standard InChI is InChI=1S/C47H81O12P/c1-3-5-7-9-11-13-15-17-18-19-20-21-22-23-25-27-29-31-33-35-37-56-38-40(39-57-60(54,55)59-47-45(52)43(50)42(49)44(51)46(47)53)58-41(48)36-34-32-30-28-26-24-16-14-12-10-8-6-4-2/h5,7-8,10-11,13-14,16-18,20-21,40,42-47,49-53H,3-4,6,9,12,15,19,22-39H2,1-2H3,(H,54,55)/b7-5-,10-8-,13-11-,16-14-,18-17-,21-20-. The highest BCUT2D eigenvalue weighted by Crippen LogP contribution is 2.47. The summed E-state index contributed by atoms with van der Waals surface area (Å²) in [6.07, 6.45) is 35.4. The van der Waals surface area contributed by atoms with Gasteiger partial charge in [0.15, 0.2) is 0 Å². The summed E-state index contributed by atoms with van der Waals surface area (Å²) >= 11 is 0. The van der Waals surface area contributed by atoms with Gasteiger partial charge in [0.05, 0.1) is 13.2 Å². The first kappa shape index (κ1) is 55.8. The first-order chi connectivity index (χ1) is 29.0. The van der Waals surface area contributed by atoms with Crippen molar-refractivity contribution in [2.24, 2.45) is 0 Å². The van der Waals surface area contributed by atoms with E-state index in [1.165, 1.54) is 19.3 Å². The summed E-state index contributed by atoms with van der Waals surface area (Å²) in [5.41, 5.74) is 0. The Balaban J connectivity index is 2.40. The molecule has 0 aromatic carbocycles. The van der Waals surface area contributed by atoms with Crippen LogP contribution in [-0.2, 0) is 27.9 Å². The van der Waals surface area contributed by atoms with E-state index >= 15 is 0 Å². The Kier molecular flexibility index (Phi) is 34.7. The van der Waals surface area contributed by atoms with Gasteiger partial charge in [-0.15, -0.1) is 0 Å². The van der Waals surface area contributed by atoms with Gasteiger partial charge >= 0.3 is 13.8 Å². The van der Waals surface area contributed by atoms with Gasteiger partial charge in [0.1, 0.15) is 42.7 Å². The van der Waals surface area contributed by atoms with Crippen LogP contribution in [0.4, 0.5) is 0 Å². The van der Waals surface area contributed by atoms with Gasteiger partial charge < -0.3 is 39.9 Å². The zero-order valence-electron chi connectivity index (χ0n) is 36.7. The maximum atomic E-state index is 12.8. The van der Waals surface area contributed by atoms with Gasteiger partial charge in [-0.2, -0.15) is 0 Å². The minimum atomic E-state index is -5.03. The first-order valence-corrected chi connectivity index (χ1v) is 24.3. The Morgan fingerprint density at radius 3 is 1.50 bits per heavy atom. The molecule has 0 amide bonds. The van der Waals surface area contributed by atoms with E-state index in [0.717, 1.165) is 109 Å². The number of aliphatic hydroxyl groups is 5.